The molecule has 6 nitrogen and oxygen atoms in total. The molecule has 128 valence electrons. The van der Waals surface area contributed by atoms with Crippen LogP contribution in [0.5, 0.6) is 0 Å². The number of alkyl carbamates (subject to hydrolysis) is 1. The highest BCUT2D eigenvalue weighted by Crippen LogP contribution is 2.22. The van der Waals surface area contributed by atoms with Gasteiger partial charge in [0.1, 0.15) is 11.1 Å². The molecular weight excluding hydrogens is 296 g/mol. The molecule has 1 aromatic carbocycles. The number of nitrogen functional groups attached to an aromatic ring is 1. The van der Waals surface area contributed by atoms with Crippen LogP contribution < -0.4 is 11.1 Å². The molecule has 1 aromatic rings. The Kier molecular flexibility index (Phi) is 6.01. The number of nitrogens with one attached hydrogen (secondary N) is 1. The molecule has 1 atom stereocenters. The first-order chi connectivity index (χ1) is 10.6. The summed E-state index contributed by atoms with van der Waals surface area (Å²) in [6.45, 7) is 6.91. The summed E-state index contributed by atoms with van der Waals surface area (Å²) in [5.74, 6) is -1.08. The van der Waals surface area contributed by atoms with Crippen molar-refractivity contribution in [3.63, 3.8) is 0 Å². The molecule has 0 aliphatic rings. The summed E-state index contributed by atoms with van der Waals surface area (Å²) in [5.41, 5.74) is 5.29. The lowest BCUT2D eigenvalue weighted by molar-refractivity contribution is -0.145. The fourth-order valence-corrected chi connectivity index (χ4v) is 2.25. The molecule has 6 heteroatoms. The van der Waals surface area contributed by atoms with Gasteiger partial charge in [-0.2, -0.15) is 0 Å². The molecule has 0 aromatic heterocycles. The van der Waals surface area contributed by atoms with E-state index in [1.165, 1.54) is 0 Å². The lowest BCUT2D eigenvalue weighted by Gasteiger charge is -2.31. The van der Waals surface area contributed by atoms with E-state index >= 15 is 0 Å². The molecule has 0 saturated heterocycles. The second-order valence-corrected chi connectivity index (χ2v) is 6.57. The lowest BCUT2D eigenvalue weighted by atomic mass is 9.88. The Morgan fingerprint density at radius 2 is 1.87 bits per heavy atom. The molecule has 0 fully saturated rings. The van der Waals surface area contributed by atoms with E-state index in [-0.39, 0.29) is 12.8 Å². The average Bonchev–Trinajstić information content (AvgIpc) is 2.42. The van der Waals surface area contributed by atoms with Crippen LogP contribution in [0.4, 0.5) is 10.5 Å². The van der Waals surface area contributed by atoms with Gasteiger partial charge in [0.25, 0.3) is 0 Å². The molecule has 1 amide bonds. The summed E-state index contributed by atoms with van der Waals surface area (Å²) >= 11 is 0. The Hall–Kier alpha value is -2.24. The van der Waals surface area contributed by atoms with Gasteiger partial charge in [-0.25, -0.2) is 9.59 Å². The van der Waals surface area contributed by atoms with Gasteiger partial charge in [0.2, 0.25) is 0 Å². The normalized spacial score (nSPS) is 13.9. The topological polar surface area (TPSA) is 102 Å². The highest BCUT2D eigenvalue weighted by Gasteiger charge is 2.39. The van der Waals surface area contributed by atoms with E-state index in [2.05, 4.69) is 5.32 Å². The maximum Gasteiger partial charge on any atom is 0.408 e. The second kappa shape index (κ2) is 7.35. The number of nitrogens with two attached hydrogens (primary N) is 1. The molecule has 1 unspecified atom stereocenters. The molecule has 0 heterocycles. The largest absolute Gasteiger partial charge is 0.480 e. The number of para-hydroxylation sites is 1. The Labute approximate surface area is 137 Å². The van der Waals surface area contributed by atoms with Crippen molar-refractivity contribution < 1.29 is 19.4 Å². The maximum atomic E-state index is 12.0. The lowest BCUT2D eigenvalue weighted by Crippen LogP contribution is -2.55. The first-order valence-corrected chi connectivity index (χ1v) is 7.67. The van der Waals surface area contributed by atoms with Gasteiger partial charge in [-0.3, -0.25) is 0 Å². The summed E-state index contributed by atoms with van der Waals surface area (Å²) in [7, 11) is 0. The van der Waals surface area contributed by atoms with Crippen LogP contribution in [-0.4, -0.2) is 28.3 Å². The molecular formula is C17H26N2O4. The molecule has 0 aliphatic carbocycles. The number of anilines is 1. The monoisotopic (exact) mass is 322 g/mol. The van der Waals surface area contributed by atoms with Crippen LogP contribution in [0.2, 0.25) is 0 Å². The number of rotatable bonds is 6. The Morgan fingerprint density at radius 1 is 1.26 bits per heavy atom. The molecule has 0 bridgehead atoms. The van der Waals surface area contributed by atoms with Crippen LogP contribution >= 0.6 is 0 Å². The van der Waals surface area contributed by atoms with Crippen LogP contribution in [0.1, 0.15) is 46.1 Å². The number of carboxylic acids is 1. The van der Waals surface area contributed by atoms with Crippen molar-refractivity contribution in [2.45, 2.75) is 58.1 Å². The Bertz CT molecular complexity index is 566. The highest BCUT2D eigenvalue weighted by atomic mass is 16.6. The number of benzene rings is 1. The van der Waals surface area contributed by atoms with Crippen molar-refractivity contribution >= 4 is 17.7 Å². The van der Waals surface area contributed by atoms with Gasteiger partial charge in [-0.05, 0) is 51.7 Å². The number of hydrogen-bond acceptors (Lipinski definition) is 4. The maximum absolute atomic E-state index is 12.0. The van der Waals surface area contributed by atoms with E-state index in [9.17, 15) is 14.7 Å². The molecule has 4 N–H and O–H groups in total. The molecule has 0 radical (unpaired) electrons. The third-order valence-electron chi connectivity index (χ3n) is 3.63. The second-order valence-electron chi connectivity index (χ2n) is 6.57. The predicted octanol–water partition coefficient (Wildman–Crippen LogP) is 2.96. The fourth-order valence-electron chi connectivity index (χ4n) is 2.25. The van der Waals surface area contributed by atoms with Crippen molar-refractivity contribution in [1.82, 2.24) is 5.32 Å². The van der Waals surface area contributed by atoms with Gasteiger partial charge in [0, 0.05) is 5.69 Å². The van der Waals surface area contributed by atoms with Gasteiger partial charge in [0.05, 0.1) is 0 Å². The van der Waals surface area contributed by atoms with Crippen molar-refractivity contribution in [2.24, 2.45) is 0 Å². The van der Waals surface area contributed by atoms with E-state index in [1.54, 1.807) is 33.8 Å². The molecule has 0 aliphatic heterocycles. The third-order valence-corrected chi connectivity index (χ3v) is 3.63. The SMILES string of the molecule is CCC(CCc1ccccc1N)(NC(=O)OC(C)(C)C)C(=O)O. The first kappa shape index (κ1) is 18.8. The van der Waals surface area contributed by atoms with Crippen molar-refractivity contribution in [3.8, 4) is 0 Å². The predicted molar refractivity (Wildman–Crippen MR) is 89.2 cm³/mol. The molecule has 0 spiro atoms. The van der Waals surface area contributed by atoms with E-state index in [0.717, 1.165) is 5.56 Å². The minimum Gasteiger partial charge on any atom is -0.480 e. The number of amides is 1. The van der Waals surface area contributed by atoms with Crippen LogP contribution in [-0.2, 0) is 16.0 Å². The number of aryl methyl sites for hydroxylation is 1. The van der Waals surface area contributed by atoms with Crippen LogP contribution in [0.15, 0.2) is 24.3 Å². The number of aliphatic carboxylic acids is 1. The van der Waals surface area contributed by atoms with Gasteiger partial charge >= 0.3 is 12.1 Å². The Morgan fingerprint density at radius 3 is 2.35 bits per heavy atom. The minimum atomic E-state index is -1.38. The van der Waals surface area contributed by atoms with Crippen LogP contribution in [0.3, 0.4) is 0 Å². The van der Waals surface area contributed by atoms with E-state index in [4.69, 9.17) is 10.5 Å². The molecule has 0 saturated carbocycles. The number of hydrogen-bond donors (Lipinski definition) is 3. The zero-order valence-electron chi connectivity index (χ0n) is 14.2. The standard InChI is InChI=1S/C17H26N2O4/c1-5-17(14(20)21,19-15(22)23-16(2,3)4)11-10-12-8-6-7-9-13(12)18/h6-9H,5,10-11,18H2,1-4H3,(H,19,22)(H,20,21). The van der Waals surface area contributed by atoms with Crippen molar-refractivity contribution in [1.29, 1.82) is 0 Å². The zero-order chi connectivity index (χ0) is 17.7. The first-order valence-electron chi connectivity index (χ1n) is 7.67. The zero-order valence-corrected chi connectivity index (χ0v) is 14.2. The number of ether oxygens (including phenoxy) is 1. The van der Waals surface area contributed by atoms with Gasteiger partial charge in [-0.1, -0.05) is 25.1 Å². The summed E-state index contributed by atoms with van der Waals surface area (Å²) < 4.78 is 5.18. The quantitative estimate of drug-likeness (QED) is 0.699. The van der Waals surface area contributed by atoms with E-state index in [1.807, 2.05) is 18.2 Å². The highest BCUT2D eigenvalue weighted by molar-refractivity contribution is 5.84. The average molecular weight is 322 g/mol. The van der Waals surface area contributed by atoms with Crippen LogP contribution in [0, 0.1) is 0 Å². The van der Waals surface area contributed by atoms with Gasteiger partial charge < -0.3 is 20.9 Å². The number of carbonyl (C=O) groups excluding carboxylic acids is 1. The van der Waals surface area contributed by atoms with Gasteiger partial charge in [-0.15, -0.1) is 0 Å². The van der Waals surface area contributed by atoms with E-state index < -0.39 is 23.2 Å². The molecule has 23 heavy (non-hydrogen) atoms. The summed E-state index contributed by atoms with van der Waals surface area (Å²) in [6.07, 6.45) is 0.186. The third kappa shape index (κ3) is 5.47. The van der Waals surface area contributed by atoms with E-state index in [0.29, 0.717) is 12.1 Å². The van der Waals surface area contributed by atoms with Crippen molar-refractivity contribution in [3.05, 3.63) is 29.8 Å². The van der Waals surface area contributed by atoms with Crippen LogP contribution in [0.25, 0.3) is 0 Å². The van der Waals surface area contributed by atoms with Crippen molar-refractivity contribution in [2.75, 3.05) is 5.73 Å². The number of carbonyl (C=O) groups is 2. The summed E-state index contributed by atoms with van der Waals surface area (Å²) in [6, 6.07) is 7.29. The van der Waals surface area contributed by atoms with Gasteiger partial charge in [0.15, 0.2) is 0 Å². The Balaban J connectivity index is 2.88. The smallest absolute Gasteiger partial charge is 0.408 e. The number of carboxylic acid groups (broad SMARTS) is 1. The summed E-state index contributed by atoms with van der Waals surface area (Å²) in [4.78, 5) is 23.8. The minimum absolute atomic E-state index is 0.228. The fraction of sp³-hybridized carbons (Fsp3) is 0.529. The molecule has 1 rings (SSSR count). The summed E-state index contributed by atoms with van der Waals surface area (Å²) in [5, 5.41) is 12.1.